The largest absolute Gasteiger partial charge is 0.465 e. The molecule has 160 valence electrons. The maximum Gasteiger partial charge on any atom is 0.337 e. The number of nitrogens with zero attached hydrogens (tertiary/aromatic N) is 2. The highest BCUT2D eigenvalue weighted by atomic mass is 19.1. The number of amides is 1. The van der Waals surface area contributed by atoms with Crippen molar-refractivity contribution >= 4 is 11.9 Å². The molecular weight excluding hydrogens is 401 g/mol. The summed E-state index contributed by atoms with van der Waals surface area (Å²) in [6.07, 6.45) is 0. The van der Waals surface area contributed by atoms with Crippen molar-refractivity contribution in [1.82, 2.24) is 15.2 Å². The average Bonchev–Trinajstić information content (AvgIpc) is 3.14. The van der Waals surface area contributed by atoms with Crippen molar-refractivity contribution in [3.05, 3.63) is 76.9 Å². The SMILES string of the molecule is COC(=O)c1ccc(-c2nc(CN3CCNC(=O)C3c3ccc(F)cc3)c(C)o2)cc1. The van der Waals surface area contributed by atoms with Crippen LogP contribution in [0.5, 0.6) is 0 Å². The van der Waals surface area contributed by atoms with E-state index in [4.69, 9.17) is 9.15 Å². The van der Waals surface area contributed by atoms with E-state index in [9.17, 15) is 14.0 Å². The van der Waals surface area contributed by atoms with Crippen molar-refractivity contribution in [3.8, 4) is 11.5 Å². The van der Waals surface area contributed by atoms with E-state index in [-0.39, 0.29) is 11.7 Å². The van der Waals surface area contributed by atoms with Gasteiger partial charge in [0.1, 0.15) is 17.6 Å². The molecule has 2 aromatic carbocycles. The minimum Gasteiger partial charge on any atom is -0.465 e. The Morgan fingerprint density at radius 3 is 2.61 bits per heavy atom. The van der Waals surface area contributed by atoms with Gasteiger partial charge in [0.2, 0.25) is 11.8 Å². The summed E-state index contributed by atoms with van der Waals surface area (Å²) in [6.45, 7) is 3.38. The third-order valence-electron chi connectivity index (χ3n) is 5.30. The second-order valence-electron chi connectivity index (χ2n) is 7.31. The average molecular weight is 423 g/mol. The molecule has 0 radical (unpaired) electrons. The summed E-state index contributed by atoms with van der Waals surface area (Å²) < 4.78 is 23.9. The van der Waals surface area contributed by atoms with Gasteiger partial charge < -0.3 is 14.5 Å². The fourth-order valence-corrected chi connectivity index (χ4v) is 3.65. The van der Waals surface area contributed by atoms with Crippen LogP contribution in [-0.2, 0) is 16.1 Å². The minimum absolute atomic E-state index is 0.127. The van der Waals surface area contributed by atoms with Crippen molar-refractivity contribution in [2.45, 2.75) is 19.5 Å². The highest BCUT2D eigenvalue weighted by Gasteiger charge is 2.32. The lowest BCUT2D eigenvalue weighted by atomic mass is 10.0. The highest BCUT2D eigenvalue weighted by molar-refractivity contribution is 5.89. The Kier molecular flexibility index (Phi) is 5.81. The minimum atomic E-state index is -0.534. The molecule has 1 amide bonds. The fraction of sp³-hybridized carbons (Fsp3) is 0.261. The van der Waals surface area contributed by atoms with E-state index in [1.807, 2.05) is 11.8 Å². The van der Waals surface area contributed by atoms with Crippen LogP contribution in [0.2, 0.25) is 0 Å². The molecule has 0 aliphatic carbocycles. The smallest absolute Gasteiger partial charge is 0.337 e. The number of aryl methyl sites for hydroxylation is 1. The fourth-order valence-electron chi connectivity index (χ4n) is 3.65. The van der Waals surface area contributed by atoms with Gasteiger partial charge in [0, 0.05) is 25.2 Å². The van der Waals surface area contributed by atoms with E-state index in [0.717, 1.165) is 11.1 Å². The zero-order valence-electron chi connectivity index (χ0n) is 17.2. The molecule has 1 fully saturated rings. The van der Waals surface area contributed by atoms with Crippen LogP contribution in [-0.4, -0.2) is 42.0 Å². The van der Waals surface area contributed by atoms with E-state index in [0.29, 0.717) is 42.5 Å². The van der Waals surface area contributed by atoms with Crippen LogP contribution in [0.1, 0.15) is 33.4 Å². The summed E-state index contributed by atoms with van der Waals surface area (Å²) in [5.74, 6) is 0.199. The Balaban J connectivity index is 1.57. The van der Waals surface area contributed by atoms with Gasteiger partial charge in [-0.3, -0.25) is 9.69 Å². The van der Waals surface area contributed by atoms with E-state index in [1.165, 1.54) is 19.2 Å². The topological polar surface area (TPSA) is 84.7 Å². The second kappa shape index (κ2) is 8.69. The van der Waals surface area contributed by atoms with Gasteiger partial charge in [0.05, 0.1) is 18.4 Å². The van der Waals surface area contributed by atoms with Gasteiger partial charge in [0.15, 0.2) is 0 Å². The zero-order valence-corrected chi connectivity index (χ0v) is 17.2. The van der Waals surface area contributed by atoms with Crippen molar-refractivity contribution in [3.63, 3.8) is 0 Å². The molecule has 2 heterocycles. The van der Waals surface area contributed by atoms with Crippen LogP contribution in [0, 0.1) is 12.7 Å². The molecule has 1 saturated heterocycles. The maximum atomic E-state index is 13.3. The second-order valence-corrected chi connectivity index (χ2v) is 7.31. The first-order chi connectivity index (χ1) is 15.0. The van der Waals surface area contributed by atoms with Crippen LogP contribution in [0.15, 0.2) is 52.9 Å². The monoisotopic (exact) mass is 423 g/mol. The molecule has 1 atom stereocenters. The molecule has 4 rings (SSSR count). The number of aromatic nitrogens is 1. The van der Waals surface area contributed by atoms with Gasteiger partial charge in [-0.2, -0.15) is 0 Å². The first-order valence-electron chi connectivity index (χ1n) is 9.88. The molecule has 0 bridgehead atoms. The summed E-state index contributed by atoms with van der Waals surface area (Å²) in [4.78, 5) is 30.8. The number of rotatable bonds is 5. The number of methoxy groups -OCH3 is 1. The number of ether oxygens (including phenoxy) is 1. The van der Waals surface area contributed by atoms with Gasteiger partial charge >= 0.3 is 5.97 Å². The predicted molar refractivity (Wildman–Crippen MR) is 111 cm³/mol. The third kappa shape index (κ3) is 4.34. The quantitative estimate of drug-likeness (QED) is 0.634. The lowest BCUT2D eigenvalue weighted by Crippen LogP contribution is -2.49. The summed E-state index contributed by atoms with van der Waals surface area (Å²) in [6, 6.07) is 12.2. The number of carbonyl (C=O) groups excluding carboxylic acids is 2. The Labute approximate surface area is 178 Å². The first-order valence-corrected chi connectivity index (χ1v) is 9.88. The Morgan fingerprint density at radius 2 is 1.94 bits per heavy atom. The van der Waals surface area contributed by atoms with Crippen LogP contribution in [0.3, 0.4) is 0 Å². The maximum absolute atomic E-state index is 13.3. The zero-order chi connectivity index (χ0) is 22.0. The molecule has 1 aliphatic heterocycles. The predicted octanol–water partition coefficient (Wildman–Crippen LogP) is 3.25. The molecule has 1 N–H and O–H groups in total. The molecule has 3 aromatic rings. The van der Waals surface area contributed by atoms with E-state index in [2.05, 4.69) is 10.3 Å². The van der Waals surface area contributed by atoms with Gasteiger partial charge in [-0.25, -0.2) is 14.2 Å². The lowest BCUT2D eigenvalue weighted by Gasteiger charge is -2.34. The number of hydrogen-bond donors (Lipinski definition) is 1. The number of carbonyl (C=O) groups is 2. The van der Waals surface area contributed by atoms with Crippen molar-refractivity contribution < 1.29 is 23.1 Å². The van der Waals surface area contributed by atoms with Crippen molar-refractivity contribution in [2.75, 3.05) is 20.2 Å². The van der Waals surface area contributed by atoms with E-state index in [1.54, 1.807) is 36.4 Å². The Bertz CT molecular complexity index is 1090. The molecule has 0 saturated carbocycles. The van der Waals surface area contributed by atoms with Crippen molar-refractivity contribution in [2.24, 2.45) is 0 Å². The molecule has 1 aromatic heterocycles. The summed E-state index contributed by atoms with van der Waals surface area (Å²) in [5.41, 5.74) is 2.61. The van der Waals surface area contributed by atoms with Crippen LogP contribution < -0.4 is 5.32 Å². The molecule has 1 aliphatic rings. The van der Waals surface area contributed by atoms with Crippen LogP contribution in [0.25, 0.3) is 11.5 Å². The molecule has 8 heteroatoms. The Hall–Kier alpha value is -3.52. The van der Waals surface area contributed by atoms with E-state index < -0.39 is 12.0 Å². The normalized spacial score (nSPS) is 16.7. The summed E-state index contributed by atoms with van der Waals surface area (Å²) in [7, 11) is 1.33. The van der Waals surface area contributed by atoms with Gasteiger partial charge in [-0.1, -0.05) is 12.1 Å². The number of esters is 1. The Morgan fingerprint density at radius 1 is 1.23 bits per heavy atom. The summed E-state index contributed by atoms with van der Waals surface area (Å²) >= 11 is 0. The molecule has 31 heavy (non-hydrogen) atoms. The third-order valence-corrected chi connectivity index (χ3v) is 5.30. The number of oxazole rings is 1. The van der Waals surface area contributed by atoms with Crippen LogP contribution in [0.4, 0.5) is 4.39 Å². The number of halogens is 1. The summed E-state index contributed by atoms with van der Waals surface area (Å²) in [5, 5.41) is 2.87. The van der Waals surface area contributed by atoms with Crippen LogP contribution >= 0.6 is 0 Å². The standard InChI is InChI=1S/C23H22FN3O4/c1-14-19(26-22(31-14)16-3-5-17(6-4-16)23(29)30-2)13-27-12-11-25-21(28)20(27)15-7-9-18(24)10-8-15/h3-10,20H,11-13H2,1-2H3,(H,25,28). The highest BCUT2D eigenvalue weighted by Crippen LogP contribution is 2.28. The van der Waals surface area contributed by atoms with Crippen molar-refractivity contribution in [1.29, 1.82) is 0 Å². The number of nitrogens with one attached hydrogen (secondary N) is 1. The van der Waals surface area contributed by atoms with Gasteiger partial charge in [0.25, 0.3) is 0 Å². The lowest BCUT2D eigenvalue weighted by molar-refractivity contribution is -0.129. The number of piperazine rings is 1. The molecule has 0 spiro atoms. The van der Waals surface area contributed by atoms with Gasteiger partial charge in [-0.05, 0) is 48.9 Å². The van der Waals surface area contributed by atoms with Gasteiger partial charge in [-0.15, -0.1) is 0 Å². The molecule has 1 unspecified atom stereocenters. The molecular formula is C23H22FN3O4. The number of benzene rings is 2. The van der Waals surface area contributed by atoms with E-state index >= 15 is 0 Å². The molecule has 7 nitrogen and oxygen atoms in total. The number of hydrogen-bond acceptors (Lipinski definition) is 6. The first kappa shape index (κ1) is 20.7.